The molecule has 0 radical (unpaired) electrons. The molecule has 184 valence electrons. The first-order valence-electron chi connectivity index (χ1n) is 11.2. The van der Waals surface area contributed by atoms with Gasteiger partial charge in [0.05, 0.1) is 34.0 Å². The number of ether oxygens (including phenoxy) is 1. The van der Waals surface area contributed by atoms with Crippen LogP contribution < -0.4 is 5.32 Å². The van der Waals surface area contributed by atoms with Crippen molar-refractivity contribution in [1.82, 2.24) is 18.7 Å². The molecule has 3 aromatic heterocycles. The molecule has 0 unspecified atom stereocenters. The molecule has 1 aliphatic rings. The first kappa shape index (κ1) is 23.3. The molecule has 1 fully saturated rings. The van der Waals surface area contributed by atoms with Gasteiger partial charge < -0.3 is 4.74 Å². The number of anilines is 1. The van der Waals surface area contributed by atoms with Gasteiger partial charge in [-0.15, -0.1) is 0 Å². The Labute approximate surface area is 215 Å². The third-order valence-electron chi connectivity index (χ3n) is 6.02. The van der Waals surface area contributed by atoms with Crippen molar-refractivity contribution >= 4 is 58.9 Å². The zero-order chi connectivity index (χ0) is 24.9. The van der Waals surface area contributed by atoms with Crippen LogP contribution in [0.1, 0.15) is 15.4 Å². The molecule has 0 aliphatic carbocycles. The number of fused-ring (bicyclic) bond motifs is 2. The average Bonchev–Trinajstić information content (AvgIpc) is 3.58. The van der Waals surface area contributed by atoms with Gasteiger partial charge in [-0.1, -0.05) is 53.0 Å². The second-order valence-electron chi connectivity index (χ2n) is 8.28. The highest BCUT2D eigenvalue weighted by Gasteiger charge is 2.27. The topological polar surface area (TPSA) is 106 Å². The Morgan fingerprint density at radius 1 is 1.06 bits per heavy atom. The largest absolute Gasteiger partial charge is 0.379 e. The van der Waals surface area contributed by atoms with Crippen LogP contribution in [0.5, 0.6) is 0 Å². The molecule has 1 saturated heterocycles. The Kier molecular flexibility index (Phi) is 5.85. The molecule has 0 bridgehead atoms. The monoisotopic (exact) mass is 539 g/mol. The smallest absolute Gasteiger partial charge is 0.269 e. The average molecular weight is 540 g/mol. The number of sulfonamides is 1. The van der Waals surface area contributed by atoms with Crippen molar-refractivity contribution in [1.29, 1.82) is 0 Å². The molecule has 0 atom stereocenters. The van der Waals surface area contributed by atoms with Gasteiger partial charge in [0, 0.05) is 30.5 Å². The molecular formula is C24H21N5O4S3. The van der Waals surface area contributed by atoms with E-state index >= 15 is 0 Å². The number of rotatable bonds is 5. The van der Waals surface area contributed by atoms with E-state index in [0.29, 0.717) is 46.5 Å². The minimum Gasteiger partial charge on any atom is -0.379 e. The van der Waals surface area contributed by atoms with Crippen LogP contribution in [0.2, 0.25) is 0 Å². The highest BCUT2D eigenvalue weighted by Crippen LogP contribution is 2.31. The normalized spacial score (nSPS) is 15.0. The summed E-state index contributed by atoms with van der Waals surface area (Å²) >= 11 is 2.56. The highest BCUT2D eigenvalue weighted by molar-refractivity contribution is 7.89. The second kappa shape index (κ2) is 9.05. The lowest BCUT2D eigenvalue weighted by Gasteiger charge is -2.25. The third kappa shape index (κ3) is 4.10. The number of hydrogen-bond donors (Lipinski definition) is 1. The summed E-state index contributed by atoms with van der Waals surface area (Å²) in [5.41, 5.74) is 3.29. The van der Waals surface area contributed by atoms with E-state index in [1.807, 2.05) is 47.9 Å². The summed E-state index contributed by atoms with van der Waals surface area (Å²) in [6, 6.07) is 14.7. The molecule has 1 N–H and O–H groups in total. The molecule has 1 aliphatic heterocycles. The van der Waals surface area contributed by atoms with E-state index in [2.05, 4.69) is 15.3 Å². The van der Waals surface area contributed by atoms with E-state index in [1.54, 1.807) is 18.2 Å². The number of morpholine rings is 1. The zero-order valence-electron chi connectivity index (χ0n) is 19.2. The van der Waals surface area contributed by atoms with Gasteiger partial charge in [0.25, 0.3) is 5.91 Å². The molecule has 0 saturated carbocycles. The minimum absolute atomic E-state index is 0.211. The number of hydrogen-bond acceptors (Lipinski definition) is 8. The zero-order valence-corrected chi connectivity index (χ0v) is 21.6. The van der Waals surface area contributed by atoms with E-state index in [1.165, 1.54) is 27.0 Å². The molecule has 12 heteroatoms. The molecule has 5 aromatic rings. The van der Waals surface area contributed by atoms with Gasteiger partial charge in [0.2, 0.25) is 10.0 Å². The highest BCUT2D eigenvalue weighted by atomic mass is 32.2. The van der Waals surface area contributed by atoms with Gasteiger partial charge in [-0.3, -0.25) is 14.5 Å². The van der Waals surface area contributed by atoms with Gasteiger partial charge in [-0.2, -0.15) is 4.31 Å². The number of amides is 1. The number of thiazole rings is 2. The number of nitrogens with zero attached hydrogens (tertiary/aromatic N) is 4. The number of carbonyl (C=O) groups is 1. The summed E-state index contributed by atoms with van der Waals surface area (Å²) in [7, 11) is -3.61. The molecule has 36 heavy (non-hydrogen) atoms. The maximum Gasteiger partial charge on any atom is 0.269 e. The SMILES string of the molecule is Cc1c(C(=O)Nc2nc3ccc(S(=O)(=O)N4CCOCC4)cc3s2)sc2nc(-c3ccccc3)cn12. The van der Waals surface area contributed by atoms with Gasteiger partial charge in [-0.25, -0.2) is 18.4 Å². The summed E-state index contributed by atoms with van der Waals surface area (Å²) in [6.45, 7) is 3.33. The molecule has 4 heterocycles. The van der Waals surface area contributed by atoms with Gasteiger partial charge in [0.15, 0.2) is 10.1 Å². The third-order valence-corrected chi connectivity index (χ3v) is 10.0. The molecule has 9 nitrogen and oxygen atoms in total. The lowest BCUT2D eigenvalue weighted by Crippen LogP contribution is -2.40. The Balaban J connectivity index is 1.24. The van der Waals surface area contributed by atoms with Crippen LogP contribution >= 0.6 is 22.7 Å². The Hall–Kier alpha value is -3.16. The minimum atomic E-state index is -3.61. The van der Waals surface area contributed by atoms with Crippen LogP contribution in [-0.4, -0.2) is 59.3 Å². The summed E-state index contributed by atoms with van der Waals surface area (Å²) in [5.74, 6) is -0.274. The standard InChI is InChI=1S/C24H21N5O4S3/c1-15-21(35-24-26-19(14-29(15)24)16-5-3-2-4-6-16)22(30)27-23-25-18-8-7-17(13-20(18)34-23)36(31,32)28-9-11-33-12-10-28/h2-8,13-14H,9-12H2,1H3,(H,25,27,30). The molecule has 6 rings (SSSR count). The number of nitrogens with one attached hydrogen (secondary N) is 1. The fourth-order valence-corrected chi connectivity index (χ4v) is 7.53. The summed E-state index contributed by atoms with van der Waals surface area (Å²) in [5, 5.41) is 3.28. The number of carbonyl (C=O) groups excluding carboxylic acids is 1. The maximum absolute atomic E-state index is 13.1. The van der Waals surface area contributed by atoms with Gasteiger partial charge in [0.1, 0.15) is 4.88 Å². The number of benzene rings is 2. The summed E-state index contributed by atoms with van der Waals surface area (Å²) in [4.78, 5) is 23.7. The first-order valence-corrected chi connectivity index (χ1v) is 14.3. The van der Waals surface area contributed by atoms with E-state index in [9.17, 15) is 13.2 Å². The van der Waals surface area contributed by atoms with Crippen molar-refractivity contribution in [2.45, 2.75) is 11.8 Å². The van der Waals surface area contributed by atoms with Crippen molar-refractivity contribution < 1.29 is 17.9 Å². The Morgan fingerprint density at radius 3 is 2.58 bits per heavy atom. The van der Waals surface area contributed by atoms with Gasteiger partial charge in [-0.05, 0) is 25.1 Å². The predicted molar refractivity (Wildman–Crippen MR) is 140 cm³/mol. The fourth-order valence-electron chi connectivity index (χ4n) is 4.12. The number of imidazole rings is 1. The first-order chi connectivity index (χ1) is 17.4. The van der Waals surface area contributed by atoms with E-state index in [-0.39, 0.29) is 10.8 Å². The van der Waals surface area contributed by atoms with Crippen molar-refractivity contribution in [2.75, 3.05) is 31.6 Å². The number of aryl methyl sites for hydroxylation is 1. The van der Waals surface area contributed by atoms with E-state index in [4.69, 9.17) is 4.74 Å². The Morgan fingerprint density at radius 2 is 1.83 bits per heavy atom. The van der Waals surface area contributed by atoms with Crippen LogP contribution in [0.4, 0.5) is 5.13 Å². The summed E-state index contributed by atoms with van der Waals surface area (Å²) in [6.07, 6.45) is 1.93. The lowest BCUT2D eigenvalue weighted by atomic mass is 10.2. The van der Waals surface area contributed by atoms with Crippen LogP contribution in [0.3, 0.4) is 0 Å². The van der Waals surface area contributed by atoms with Crippen LogP contribution in [0, 0.1) is 6.92 Å². The van der Waals surface area contributed by atoms with Crippen LogP contribution in [-0.2, 0) is 14.8 Å². The summed E-state index contributed by atoms with van der Waals surface area (Å²) < 4.78 is 35.3. The molecule has 0 spiro atoms. The van der Waals surface area contributed by atoms with Crippen molar-refractivity contribution in [3.8, 4) is 11.3 Å². The van der Waals surface area contributed by atoms with E-state index < -0.39 is 10.0 Å². The van der Waals surface area contributed by atoms with Crippen LogP contribution in [0.15, 0.2) is 59.6 Å². The predicted octanol–water partition coefficient (Wildman–Crippen LogP) is 4.25. The lowest BCUT2D eigenvalue weighted by molar-refractivity contribution is 0.0730. The quantitative estimate of drug-likeness (QED) is 0.358. The molecular weight excluding hydrogens is 518 g/mol. The molecule has 1 amide bonds. The van der Waals surface area contributed by atoms with Gasteiger partial charge >= 0.3 is 0 Å². The van der Waals surface area contributed by atoms with Crippen molar-refractivity contribution in [3.63, 3.8) is 0 Å². The van der Waals surface area contributed by atoms with Crippen LogP contribution in [0.25, 0.3) is 26.4 Å². The molecule has 2 aromatic carbocycles. The maximum atomic E-state index is 13.1. The van der Waals surface area contributed by atoms with Crippen molar-refractivity contribution in [2.24, 2.45) is 0 Å². The van der Waals surface area contributed by atoms with E-state index in [0.717, 1.165) is 21.9 Å². The number of aromatic nitrogens is 3. The van der Waals surface area contributed by atoms with Crippen molar-refractivity contribution in [3.05, 3.63) is 65.3 Å². The second-order valence-corrected chi connectivity index (χ2v) is 12.2. The Bertz CT molecular complexity index is 1700. The fraction of sp³-hybridized carbons (Fsp3) is 0.208.